The number of benzene rings is 1. The van der Waals surface area contributed by atoms with E-state index in [4.69, 9.17) is 14.9 Å². The summed E-state index contributed by atoms with van der Waals surface area (Å²) in [5.74, 6) is 0.480. The molecule has 0 spiro atoms. The molecule has 1 atom stereocenters. The van der Waals surface area contributed by atoms with Gasteiger partial charge in [-0.25, -0.2) is 8.42 Å². The second-order valence-corrected chi connectivity index (χ2v) is 5.82. The van der Waals surface area contributed by atoms with Gasteiger partial charge >= 0.3 is 0 Å². The maximum absolute atomic E-state index is 11.8. The van der Waals surface area contributed by atoms with E-state index >= 15 is 0 Å². The molecule has 0 bridgehead atoms. The largest absolute Gasteiger partial charge is 0.491 e. The summed E-state index contributed by atoms with van der Waals surface area (Å²) in [7, 11) is -3.52. The van der Waals surface area contributed by atoms with Gasteiger partial charge < -0.3 is 14.9 Å². The molecule has 0 aliphatic rings. The number of aliphatic hydroxyl groups excluding tert-OH is 2. The van der Waals surface area contributed by atoms with Crippen LogP contribution in [-0.2, 0) is 10.0 Å². The predicted molar refractivity (Wildman–Crippen MR) is 77.2 cm³/mol. The summed E-state index contributed by atoms with van der Waals surface area (Å²) in [6.07, 6.45) is -0.942. The molecule has 6 nitrogen and oxygen atoms in total. The van der Waals surface area contributed by atoms with E-state index in [2.05, 4.69) is 6.58 Å². The quantitative estimate of drug-likeness (QED) is 0.739. The van der Waals surface area contributed by atoms with Crippen LogP contribution in [-0.4, -0.2) is 44.5 Å². The number of rotatable bonds is 8. The molecule has 1 rings (SSSR count). The molecule has 0 fully saturated rings. The Hall–Kier alpha value is -1.57. The van der Waals surface area contributed by atoms with Crippen LogP contribution < -0.4 is 9.04 Å². The predicted octanol–water partition coefficient (Wildman–Crippen LogP) is 0.718. The fourth-order valence-corrected chi connectivity index (χ4v) is 2.51. The van der Waals surface area contributed by atoms with Gasteiger partial charge in [0.1, 0.15) is 18.5 Å². The Morgan fingerprint density at radius 1 is 1.40 bits per heavy atom. The summed E-state index contributed by atoms with van der Waals surface area (Å²) in [6.45, 7) is 4.91. The lowest BCUT2D eigenvalue weighted by molar-refractivity contribution is 0.0536. The van der Waals surface area contributed by atoms with Gasteiger partial charge in [-0.05, 0) is 31.2 Å². The Balaban J connectivity index is 2.82. The van der Waals surface area contributed by atoms with Gasteiger partial charge in [-0.15, -0.1) is 0 Å². The fraction of sp³-hybridized carbons (Fsp3) is 0.385. The SMILES string of the molecule is C=CS(=O)(=O)N(CC)c1ccc(OCC(O)CO)cc1. The maximum atomic E-state index is 11.8. The number of ether oxygens (including phenoxy) is 1. The first-order chi connectivity index (χ1) is 9.44. The molecule has 2 N–H and O–H groups in total. The average Bonchev–Trinajstić information content (AvgIpc) is 2.46. The summed E-state index contributed by atoms with van der Waals surface area (Å²) in [6, 6.07) is 6.40. The van der Waals surface area contributed by atoms with E-state index < -0.39 is 16.1 Å². The molecule has 0 heterocycles. The van der Waals surface area contributed by atoms with Crippen molar-refractivity contribution in [1.29, 1.82) is 0 Å². The van der Waals surface area contributed by atoms with E-state index in [-0.39, 0.29) is 19.8 Å². The van der Waals surface area contributed by atoms with E-state index in [1.54, 1.807) is 31.2 Å². The number of sulfonamides is 1. The van der Waals surface area contributed by atoms with Crippen LogP contribution in [0.5, 0.6) is 5.75 Å². The Bertz CT molecular complexity index is 526. The van der Waals surface area contributed by atoms with Crippen LogP contribution in [0, 0.1) is 0 Å². The Kier molecular flexibility index (Phi) is 6.00. The first kappa shape index (κ1) is 16.5. The summed E-state index contributed by atoms with van der Waals surface area (Å²) >= 11 is 0. The number of anilines is 1. The lowest BCUT2D eigenvalue weighted by Gasteiger charge is -2.21. The average molecular weight is 301 g/mol. The molecule has 0 saturated carbocycles. The highest BCUT2D eigenvalue weighted by molar-refractivity contribution is 7.95. The minimum atomic E-state index is -3.52. The molecule has 0 amide bonds. The van der Waals surface area contributed by atoms with Gasteiger partial charge in [-0.3, -0.25) is 4.31 Å². The molecule has 0 aromatic heterocycles. The lowest BCUT2D eigenvalue weighted by Crippen LogP contribution is -2.28. The van der Waals surface area contributed by atoms with E-state index in [1.165, 1.54) is 4.31 Å². The number of hydrogen-bond acceptors (Lipinski definition) is 5. The van der Waals surface area contributed by atoms with Crippen molar-refractivity contribution in [3.8, 4) is 5.75 Å². The van der Waals surface area contributed by atoms with Crippen molar-refractivity contribution in [3.63, 3.8) is 0 Å². The zero-order chi connectivity index (χ0) is 15.2. The Morgan fingerprint density at radius 2 is 2.00 bits per heavy atom. The van der Waals surface area contributed by atoms with Gasteiger partial charge in [0.25, 0.3) is 10.0 Å². The monoisotopic (exact) mass is 301 g/mol. The highest BCUT2D eigenvalue weighted by Gasteiger charge is 2.17. The van der Waals surface area contributed by atoms with E-state index in [0.717, 1.165) is 5.41 Å². The third kappa shape index (κ3) is 4.22. The third-order valence-corrected chi connectivity index (χ3v) is 4.09. The number of hydrogen-bond donors (Lipinski definition) is 2. The molecule has 20 heavy (non-hydrogen) atoms. The molecule has 7 heteroatoms. The maximum Gasteiger partial charge on any atom is 0.256 e. The first-order valence-corrected chi connectivity index (χ1v) is 7.62. The Morgan fingerprint density at radius 3 is 2.45 bits per heavy atom. The minimum Gasteiger partial charge on any atom is -0.491 e. The van der Waals surface area contributed by atoms with Gasteiger partial charge in [0.05, 0.1) is 12.3 Å². The molecule has 1 aromatic carbocycles. The van der Waals surface area contributed by atoms with Crippen molar-refractivity contribution in [2.24, 2.45) is 0 Å². The van der Waals surface area contributed by atoms with Crippen LogP contribution in [0.15, 0.2) is 36.3 Å². The lowest BCUT2D eigenvalue weighted by atomic mass is 10.3. The fourth-order valence-electron chi connectivity index (χ4n) is 1.55. The number of nitrogens with zero attached hydrogens (tertiary/aromatic N) is 1. The Labute approximate surface area is 119 Å². The molecular formula is C13H19NO5S. The molecular weight excluding hydrogens is 282 g/mol. The van der Waals surface area contributed by atoms with Gasteiger partial charge in [0.2, 0.25) is 0 Å². The second-order valence-electron chi connectivity index (χ2n) is 4.02. The topological polar surface area (TPSA) is 87.1 Å². The zero-order valence-corrected chi connectivity index (χ0v) is 12.1. The molecule has 0 saturated heterocycles. The van der Waals surface area contributed by atoms with Crippen LogP contribution in [0.4, 0.5) is 5.69 Å². The molecule has 0 radical (unpaired) electrons. The molecule has 0 aliphatic heterocycles. The zero-order valence-electron chi connectivity index (χ0n) is 11.3. The van der Waals surface area contributed by atoms with Crippen molar-refractivity contribution in [2.45, 2.75) is 13.0 Å². The molecule has 1 aromatic rings. The van der Waals surface area contributed by atoms with Crippen molar-refractivity contribution in [1.82, 2.24) is 0 Å². The first-order valence-electron chi connectivity index (χ1n) is 6.11. The van der Waals surface area contributed by atoms with E-state index in [1.807, 2.05) is 0 Å². The van der Waals surface area contributed by atoms with Crippen molar-refractivity contribution in [3.05, 3.63) is 36.3 Å². The normalized spacial score (nSPS) is 12.8. The minimum absolute atomic E-state index is 0.0295. The highest BCUT2D eigenvalue weighted by atomic mass is 32.2. The van der Waals surface area contributed by atoms with Crippen LogP contribution in [0.2, 0.25) is 0 Å². The van der Waals surface area contributed by atoms with Gasteiger partial charge in [-0.1, -0.05) is 6.58 Å². The summed E-state index contributed by atoms with van der Waals surface area (Å²) in [5.41, 5.74) is 0.502. The van der Waals surface area contributed by atoms with E-state index in [9.17, 15) is 8.42 Å². The van der Waals surface area contributed by atoms with Gasteiger partial charge in [-0.2, -0.15) is 0 Å². The smallest absolute Gasteiger partial charge is 0.256 e. The highest BCUT2D eigenvalue weighted by Crippen LogP contribution is 2.22. The summed E-state index contributed by atoms with van der Waals surface area (Å²) < 4.78 is 30.0. The number of aliphatic hydroxyl groups is 2. The van der Waals surface area contributed by atoms with Crippen LogP contribution >= 0.6 is 0 Å². The third-order valence-electron chi connectivity index (χ3n) is 2.58. The standard InChI is InChI=1S/C13H19NO5S/c1-3-14(20(17,18)4-2)11-5-7-13(8-6-11)19-10-12(16)9-15/h4-8,12,15-16H,2-3,9-10H2,1H3. The molecule has 112 valence electrons. The van der Waals surface area contributed by atoms with Crippen LogP contribution in [0.25, 0.3) is 0 Å². The van der Waals surface area contributed by atoms with Crippen LogP contribution in [0.3, 0.4) is 0 Å². The van der Waals surface area contributed by atoms with Crippen molar-refractivity contribution < 1.29 is 23.4 Å². The van der Waals surface area contributed by atoms with Crippen molar-refractivity contribution >= 4 is 15.7 Å². The molecule has 0 aliphatic carbocycles. The molecule has 1 unspecified atom stereocenters. The summed E-state index contributed by atoms with van der Waals surface area (Å²) in [4.78, 5) is 0. The second kappa shape index (κ2) is 7.28. The summed E-state index contributed by atoms with van der Waals surface area (Å²) in [5, 5.41) is 18.7. The van der Waals surface area contributed by atoms with Crippen LogP contribution in [0.1, 0.15) is 6.92 Å². The van der Waals surface area contributed by atoms with E-state index in [0.29, 0.717) is 11.4 Å². The van der Waals surface area contributed by atoms with Crippen molar-refractivity contribution in [2.75, 3.05) is 24.1 Å². The van der Waals surface area contributed by atoms with Gasteiger partial charge in [0, 0.05) is 12.0 Å². The van der Waals surface area contributed by atoms with Gasteiger partial charge in [0.15, 0.2) is 0 Å².